The second-order valence-electron chi connectivity index (χ2n) is 4.17. The molecule has 2 aromatic rings. The van der Waals surface area contributed by atoms with Gasteiger partial charge in [0.25, 0.3) is 0 Å². The van der Waals surface area contributed by atoms with Gasteiger partial charge in [-0.05, 0) is 29.8 Å². The summed E-state index contributed by atoms with van der Waals surface area (Å²) < 4.78 is 38.7. The molecule has 0 saturated heterocycles. The van der Waals surface area contributed by atoms with Gasteiger partial charge in [0.1, 0.15) is 0 Å². The largest absolute Gasteiger partial charge is 0.416 e. The van der Waals surface area contributed by atoms with Crippen molar-refractivity contribution >= 4 is 33.4 Å². The van der Waals surface area contributed by atoms with Crippen LogP contribution in [0.4, 0.5) is 18.9 Å². The highest BCUT2D eigenvalue weighted by Crippen LogP contribution is 2.33. The molecule has 0 radical (unpaired) electrons. The van der Waals surface area contributed by atoms with Gasteiger partial charge in [-0.25, -0.2) is 0 Å². The maximum atomic E-state index is 12.6. The van der Waals surface area contributed by atoms with Crippen LogP contribution in [0.5, 0.6) is 0 Å². The van der Waals surface area contributed by atoms with Crippen molar-refractivity contribution in [2.45, 2.75) is 16.8 Å². The predicted molar refractivity (Wildman–Crippen MR) is 79.6 cm³/mol. The number of nitrogen functional groups attached to an aromatic ring is 1. The van der Waals surface area contributed by atoms with Gasteiger partial charge in [0.15, 0.2) is 0 Å². The molecule has 106 valence electrons. The molecule has 0 amide bonds. The molecule has 0 heterocycles. The maximum Gasteiger partial charge on any atom is 0.416 e. The van der Waals surface area contributed by atoms with E-state index in [9.17, 15) is 13.2 Å². The van der Waals surface area contributed by atoms with Crippen molar-refractivity contribution < 1.29 is 13.2 Å². The van der Waals surface area contributed by atoms with Crippen LogP contribution in [0.15, 0.2) is 51.8 Å². The van der Waals surface area contributed by atoms with E-state index in [1.807, 2.05) is 12.1 Å². The number of rotatable bonds is 3. The molecule has 0 aromatic heterocycles. The lowest BCUT2D eigenvalue weighted by Crippen LogP contribution is -2.04. The Morgan fingerprint density at radius 1 is 1.10 bits per heavy atom. The van der Waals surface area contributed by atoms with Crippen molar-refractivity contribution in [1.29, 1.82) is 0 Å². The number of benzene rings is 2. The summed E-state index contributed by atoms with van der Waals surface area (Å²) in [5, 5.41) is 0. The number of hydrogen-bond acceptors (Lipinski definition) is 2. The fraction of sp³-hybridized carbons (Fsp3) is 0.143. The summed E-state index contributed by atoms with van der Waals surface area (Å²) in [5.74, 6) is 0.435. The van der Waals surface area contributed by atoms with Crippen LogP contribution in [-0.2, 0) is 11.9 Å². The highest BCUT2D eigenvalue weighted by Gasteiger charge is 2.30. The number of anilines is 1. The van der Waals surface area contributed by atoms with E-state index >= 15 is 0 Å². The van der Waals surface area contributed by atoms with E-state index in [1.54, 1.807) is 12.1 Å². The number of thioether (sulfide) groups is 1. The van der Waals surface area contributed by atoms with Crippen molar-refractivity contribution in [3.63, 3.8) is 0 Å². The third-order valence-corrected chi connectivity index (χ3v) is 4.26. The Morgan fingerprint density at radius 2 is 1.85 bits per heavy atom. The van der Waals surface area contributed by atoms with Gasteiger partial charge in [-0.2, -0.15) is 13.2 Å². The lowest BCUT2D eigenvalue weighted by molar-refractivity contribution is -0.137. The quantitative estimate of drug-likeness (QED) is 0.589. The first-order valence-corrected chi connectivity index (χ1v) is 7.48. The predicted octanol–water partition coefficient (Wildman–Crippen LogP) is 5.34. The van der Waals surface area contributed by atoms with E-state index in [1.165, 1.54) is 23.9 Å². The minimum Gasteiger partial charge on any atom is -0.398 e. The van der Waals surface area contributed by atoms with Crippen molar-refractivity contribution in [2.75, 3.05) is 5.73 Å². The van der Waals surface area contributed by atoms with E-state index in [2.05, 4.69) is 15.9 Å². The molecule has 2 aromatic carbocycles. The highest BCUT2D eigenvalue weighted by molar-refractivity contribution is 9.10. The van der Waals surface area contributed by atoms with E-state index in [-0.39, 0.29) is 0 Å². The van der Waals surface area contributed by atoms with E-state index < -0.39 is 11.7 Å². The zero-order valence-corrected chi connectivity index (χ0v) is 12.6. The minimum atomic E-state index is -4.31. The monoisotopic (exact) mass is 361 g/mol. The van der Waals surface area contributed by atoms with Crippen molar-refractivity contribution in [3.05, 3.63) is 58.1 Å². The molecular formula is C14H11BrF3NS. The van der Waals surface area contributed by atoms with E-state index in [0.717, 1.165) is 15.4 Å². The van der Waals surface area contributed by atoms with Crippen molar-refractivity contribution in [3.8, 4) is 0 Å². The standard InChI is InChI=1S/C14H11BrF3NS/c15-11-4-5-12(19)13(7-11)20-8-9-2-1-3-10(6-9)14(16,17)18/h1-7H,8,19H2. The van der Waals surface area contributed by atoms with Gasteiger partial charge in [0.2, 0.25) is 0 Å². The topological polar surface area (TPSA) is 26.0 Å². The highest BCUT2D eigenvalue weighted by atomic mass is 79.9. The molecule has 0 fully saturated rings. The van der Waals surface area contributed by atoms with Gasteiger partial charge >= 0.3 is 6.18 Å². The molecule has 20 heavy (non-hydrogen) atoms. The average molecular weight is 362 g/mol. The van der Waals surface area contributed by atoms with Gasteiger partial charge in [-0.3, -0.25) is 0 Å². The van der Waals surface area contributed by atoms with Crippen LogP contribution in [0, 0.1) is 0 Å². The maximum absolute atomic E-state index is 12.6. The zero-order chi connectivity index (χ0) is 14.8. The first-order valence-electron chi connectivity index (χ1n) is 5.70. The number of nitrogens with two attached hydrogens (primary N) is 1. The summed E-state index contributed by atoms with van der Waals surface area (Å²) in [6.07, 6.45) is -4.31. The Labute approximate surface area is 127 Å². The molecule has 0 aliphatic rings. The summed E-state index contributed by atoms with van der Waals surface area (Å²) in [4.78, 5) is 0.844. The molecule has 0 saturated carbocycles. The average Bonchev–Trinajstić information content (AvgIpc) is 2.39. The molecule has 0 aliphatic carbocycles. The number of alkyl halides is 3. The molecular weight excluding hydrogens is 351 g/mol. The molecule has 0 spiro atoms. The van der Waals surface area contributed by atoms with Crippen LogP contribution < -0.4 is 5.73 Å². The fourth-order valence-corrected chi connectivity index (χ4v) is 3.09. The third kappa shape index (κ3) is 3.93. The van der Waals surface area contributed by atoms with Crippen LogP contribution in [0.2, 0.25) is 0 Å². The first-order chi connectivity index (χ1) is 9.36. The molecule has 0 unspecified atom stereocenters. The summed E-state index contributed by atoms with van der Waals surface area (Å²) in [7, 11) is 0. The van der Waals surface area contributed by atoms with Gasteiger partial charge in [0, 0.05) is 20.8 Å². The lowest BCUT2D eigenvalue weighted by Gasteiger charge is -2.09. The van der Waals surface area contributed by atoms with Gasteiger partial charge in [-0.15, -0.1) is 11.8 Å². The minimum absolute atomic E-state index is 0.435. The normalized spacial score (nSPS) is 11.6. The summed E-state index contributed by atoms with van der Waals surface area (Å²) >= 11 is 4.75. The first kappa shape index (κ1) is 15.3. The Hall–Kier alpha value is -1.14. The van der Waals surface area contributed by atoms with Crippen LogP contribution in [0.25, 0.3) is 0 Å². The van der Waals surface area contributed by atoms with Gasteiger partial charge < -0.3 is 5.73 Å². The lowest BCUT2D eigenvalue weighted by atomic mass is 10.1. The molecule has 2 N–H and O–H groups in total. The number of hydrogen-bond donors (Lipinski definition) is 1. The molecule has 0 atom stereocenters. The van der Waals surface area contributed by atoms with E-state index in [0.29, 0.717) is 17.0 Å². The Kier molecular flexibility index (Phi) is 4.65. The van der Waals surface area contributed by atoms with Crippen molar-refractivity contribution in [1.82, 2.24) is 0 Å². The summed E-state index contributed by atoms with van der Waals surface area (Å²) in [5.41, 5.74) is 6.43. The number of halogens is 4. The van der Waals surface area contributed by atoms with Crippen LogP contribution in [0.1, 0.15) is 11.1 Å². The third-order valence-electron chi connectivity index (χ3n) is 2.62. The smallest absolute Gasteiger partial charge is 0.398 e. The molecule has 0 aliphatic heterocycles. The molecule has 0 bridgehead atoms. The Balaban J connectivity index is 2.13. The second kappa shape index (κ2) is 6.10. The molecule has 2 rings (SSSR count). The Bertz CT molecular complexity index is 614. The summed E-state index contributed by atoms with van der Waals surface area (Å²) in [6, 6.07) is 10.8. The van der Waals surface area contributed by atoms with Crippen LogP contribution >= 0.6 is 27.7 Å². The second-order valence-corrected chi connectivity index (χ2v) is 6.10. The van der Waals surface area contributed by atoms with Gasteiger partial charge in [-0.1, -0.05) is 34.1 Å². The zero-order valence-electron chi connectivity index (χ0n) is 10.2. The fourth-order valence-electron chi connectivity index (χ4n) is 1.63. The summed E-state index contributed by atoms with van der Waals surface area (Å²) in [6.45, 7) is 0. The SMILES string of the molecule is Nc1ccc(Br)cc1SCc1cccc(C(F)(F)F)c1. The van der Waals surface area contributed by atoms with Crippen LogP contribution in [-0.4, -0.2) is 0 Å². The van der Waals surface area contributed by atoms with E-state index in [4.69, 9.17) is 5.73 Å². The molecule has 6 heteroatoms. The molecule has 1 nitrogen and oxygen atoms in total. The van der Waals surface area contributed by atoms with Crippen molar-refractivity contribution in [2.24, 2.45) is 0 Å². The van der Waals surface area contributed by atoms with Gasteiger partial charge in [0.05, 0.1) is 5.56 Å². The van der Waals surface area contributed by atoms with Crippen LogP contribution in [0.3, 0.4) is 0 Å². The Morgan fingerprint density at radius 3 is 2.55 bits per heavy atom.